The van der Waals surface area contributed by atoms with Gasteiger partial charge in [-0.3, -0.25) is 0 Å². The molecule has 0 radical (unpaired) electrons. The summed E-state index contributed by atoms with van der Waals surface area (Å²) >= 11 is 0. The van der Waals surface area contributed by atoms with Crippen molar-refractivity contribution in [3.63, 3.8) is 0 Å². The minimum atomic E-state index is 0.175. The molecule has 1 aromatic carbocycles. The molecule has 2 heterocycles. The molecule has 2 aliphatic heterocycles. The van der Waals surface area contributed by atoms with Crippen LogP contribution in [0.25, 0.3) is 0 Å². The molecule has 2 atom stereocenters. The first kappa shape index (κ1) is 18.3. The minimum absolute atomic E-state index is 0.175. The van der Waals surface area contributed by atoms with Gasteiger partial charge in [-0.1, -0.05) is 18.7 Å². The third kappa shape index (κ3) is 3.68. The standard InChI is InChI=1S/C21H27N3O2/c1-14-11-21(23-20-9-10-26-16(20)3)19(12-22)15(2)24(14)13-17-5-7-18(25-4)8-6-17/h5-8,11-12,16,20,22-23H,2,9-10,13H2,1,3-4H3. The lowest BCUT2D eigenvalue weighted by molar-refractivity contribution is 0.115. The summed E-state index contributed by atoms with van der Waals surface area (Å²) in [7, 11) is 1.67. The molecule has 0 aromatic heterocycles. The molecule has 26 heavy (non-hydrogen) atoms. The molecule has 0 bridgehead atoms. The summed E-state index contributed by atoms with van der Waals surface area (Å²) in [5, 5.41) is 11.4. The van der Waals surface area contributed by atoms with Gasteiger partial charge in [-0.25, -0.2) is 0 Å². The Hall–Kier alpha value is -2.53. The van der Waals surface area contributed by atoms with E-state index in [0.717, 1.165) is 41.4 Å². The fraction of sp³-hybridized carbons (Fsp3) is 0.381. The number of allylic oxidation sites excluding steroid dienone is 3. The van der Waals surface area contributed by atoms with Crippen molar-refractivity contribution >= 4 is 6.21 Å². The van der Waals surface area contributed by atoms with Gasteiger partial charge in [0.2, 0.25) is 0 Å². The SMILES string of the molecule is C=C1C(C=N)=C(NC2CCOC2C)C=C(C)N1Cc1ccc(OC)cc1. The smallest absolute Gasteiger partial charge is 0.118 e. The zero-order valence-corrected chi connectivity index (χ0v) is 15.7. The highest BCUT2D eigenvalue weighted by Crippen LogP contribution is 2.29. The summed E-state index contributed by atoms with van der Waals surface area (Å²) in [4.78, 5) is 2.14. The molecule has 3 rings (SSSR count). The average molecular weight is 353 g/mol. The summed E-state index contributed by atoms with van der Waals surface area (Å²) in [5.74, 6) is 0.845. The van der Waals surface area contributed by atoms with Crippen molar-refractivity contribution in [2.75, 3.05) is 13.7 Å². The van der Waals surface area contributed by atoms with Gasteiger partial charge in [0.25, 0.3) is 0 Å². The van der Waals surface area contributed by atoms with Crippen LogP contribution in [0.3, 0.4) is 0 Å². The molecule has 0 aliphatic carbocycles. The van der Waals surface area contributed by atoms with Crippen molar-refractivity contribution in [2.24, 2.45) is 0 Å². The number of benzene rings is 1. The predicted octanol–water partition coefficient (Wildman–Crippen LogP) is 3.60. The van der Waals surface area contributed by atoms with Crippen LogP contribution in [0.4, 0.5) is 0 Å². The fourth-order valence-electron chi connectivity index (χ4n) is 3.41. The van der Waals surface area contributed by atoms with Crippen molar-refractivity contribution in [1.82, 2.24) is 10.2 Å². The maximum atomic E-state index is 7.88. The maximum absolute atomic E-state index is 7.88. The molecular weight excluding hydrogens is 326 g/mol. The third-order valence-corrected chi connectivity index (χ3v) is 5.07. The number of hydrogen-bond donors (Lipinski definition) is 2. The van der Waals surface area contributed by atoms with Gasteiger partial charge < -0.3 is 25.1 Å². The van der Waals surface area contributed by atoms with Crippen molar-refractivity contribution in [3.8, 4) is 5.75 Å². The van der Waals surface area contributed by atoms with Crippen molar-refractivity contribution < 1.29 is 9.47 Å². The van der Waals surface area contributed by atoms with Crippen LogP contribution in [0.2, 0.25) is 0 Å². The Morgan fingerprint density at radius 2 is 2.12 bits per heavy atom. The molecule has 1 fully saturated rings. The van der Waals surface area contributed by atoms with Gasteiger partial charge in [0.15, 0.2) is 0 Å². The first-order valence-corrected chi connectivity index (χ1v) is 8.94. The minimum Gasteiger partial charge on any atom is -0.497 e. The van der Waals surface area contributed by atoms with Crippen molar-refractivity contribution in [3.05, 3.63) is 65.1 Å². The second-order valence-corrected chi connectivity index (χ2v) is 6.75. The predicted molar refractivity (Wildman–Crippen MR) is 104 cm³/mol. The molecule has 0 spiro atoms. The summed E-state index contributed by atoms with van der Waals surface area (Å²) in [6.45, 7) is 9.89. The molecule has 0 saturated carbocycles. The molecular formula is C21H27N3O2. The van der Waals surface area contributed by atoms with Crippen LogP contribution in [-0.2, 0) is 11.3 Å². The number of methoxy groups -OCH3 is 1. The van der Waals surface area contributed by atoms with Crippen LogP contribution in [0, 0.1) is 5.41 Å². The second kappa shape index (κ2) is 7.79. The van der Waals surface area contributed by atoms with Gasteiger partial charge in [-0.15, -0.1) is 0 Å². The van der Waals surface area contributed by atoms with E-state index in [9.17, 15) is 0 Å². The lowest BCUT2D eigenvalue weighted by Gasteiger charge is -2.34. The van der Waals surface area contributed by atoms with Crippen LogP contribution < -0.4 is 10.1 Å². The fourth-order valence-corrected chi connectivity index (χ4v) is 3.41. The summed E-state index contributed by atoms with van der Waals surface area (Å²) in [6, 6.07) is 8.30. The van der Waals surface area contributed by atoms with Gasteiger partial charge >= 0.3 is 0 Å². The average Bonchev–Trinajstić information content (AvgIpc) is 3.04. The quantitative estimate of drug-likeness (QED) is 0.767. The van der Waals surface area contributed by atoms with Gasteiger partial charge in [0, 0.05) is 42.0 Å². The molecule has 1 saturated heterocycles. The van der Waals surface area contributed by atoms with Gasteiger partial charge in [-0.2, -0.15) is 0 Å². The highest BCUT2D eigenvalue weighted by Gasteiger charge is 2.27. The Balaban J connectivity index is 1.79. The van der Waals surface area contributed by atoms with Gasteiger partial charge in [0.05, 0.1) is 19.3 Å². The number of nitrogens with zero attached hydrogens (tertiary/aromatic N) is 1. The van der Waals surface area contributed by atoms with Crippen LogP contribution >= 0.6 is 0 Å². The number of hydrogen-bond acceptors (Lipinski definition) is 5. The van der Waals surface area contributed by atoms with E-state index in [-0.39, 0.29) is 12.1 Å². The summed E-state index contributed by atoms with van der Waals surface area (Å²) in [6.07, 6.45) is 4.64. The van der Waals surface area contributed by atoms with Crippen molar-refractivity contribution in [1.29, 1.82) is 5.41 Å². The van der Waals surface area contributed by atoms with E-state index in [4.69, 9.17) is 14.9 Å². The van der Waals surface area contributed by atoms with E-state index in [0.29, 0.717) is 6.54 Å². The molecule has 138 valence electrons. The van der Waals surface area contributed by atoms with E-state index < -0.39 is 0 Å². The zero-order chi connectivity index (χ0) is 18.7. The highest BCUT2D eigenvalue weighted by atomic mass is 16.5. The Kier molecular flexibility index (Phi) is 5.47. The Morgan fingerprint density at radius 3 is 2.69 bits per heavy atom. The first-order chi connectivity index (χ1) is 12.5. The normalized spacial score (nSPS) is 23.1. The monoisotopic (exact) mass is 353 g/mol. The largest absolute Gasteiger partial charge is 0.497 e. The number of ether oxygens (including phenoxy) is 2. The molecule has 2 N–H and O–H groups in total. The maximum Gasteiger partial charge on any atom is 0.118 e. The molecule has 5 heteroatoms. The Morgan fingerprint density at radius 1 is 1.38 bits per heavy atom. The van der Waals surface area contributed by atoms with E-state index >= 15 is 0 Å². The molecule has 1 aromatic rings. The van der Waals surface area contributed by atoms with Crippen LogP contribution in [0.15, 0.2) is 59.6 Å². The third-order valence-electron chi connectivity index (χ3n) is 5.07. The molecule has 5 nitrogen and oxygen atoms in total. The summed E-state index contributed by atoms with van der Waals surface area (Å²) < 4.78 is 10.9. The molecule has 2 aliphatic rings. The molecule has 0 amide bonds. The number of nitrogens with one attached hydrogen (secondary N) is 2. The zero-order valence-electron chi connectivity index (χ0n) is 15.7. The lowest BCUT2D eigenvalue weighted by Crippen LogP contribution is -2.37. The Bertz CT molecular complexity index is 749. The van der Waals surface area contributed by atoms with Crippen LogP contribution in [0.1, 0.15) is 25.8 Å². The topological polar surface area (TPSA) is 57.6 Å². The van der Waals surface area contributed by atoms with Gasteiger partial charge in [-0.05, 0) is 44.0 Å². The first-order valence-electron chi connectivity index (χ1n) is 8.94. The van der Waals surface area contributed by atoms with Crippen molar-refractivity contribution in [2.45, 2.75) is 39.0 Å². The van der Waals surface area contributed by atoms with E-state index in [2.05, 4.69) is 48.9 Å². The summed E-state index contributed by atoms with van der Waals surface area (Å²) in [5.41, 5.74) is 4.88. The van der Waals surface area contributed by atoms with E-state index in [1.165, 1.54) is 11.8 Å². The second-order valence-electron chi connectivity index (χ2n) is 6.75. The highest BCUT2D eigenvalue weighted by molar-refractivity contribution is 5.84. The van der Waals surface area contributed by atoms with Crippen LogP contribution in [0.5, 0.6) is 5.75 Å². The van der Waals surface area contributed by atoms with E-state index in [1.54, 1.807) is 7.11 Å². The van der Waals surface area contributed by atoms with Gasteiger partial charge in [0.1, 0.15) is 5.75 Å². The lowest BCUT2D eigenvalue weighted by atomic mass is 10.0. The van der Waals surface area contributed by atoms with Crippen LogP contribution in [-0.4, -0.2) is 37.0 Å². The van der Waals surface area contributed by atoms with E-state index in [1.807, 2.05) is 12.1 Å². The number of rotatable bonds is 6. The Labute approximate surface area is 155 Å². The molecule has 2 unspecified atom stereocenters.